The molecule has 3 nitrogen and oxygen atoms in total. The topological polar surface area (TPSA) is 41.1 Å². The summed E-state index contributed by atoms with van der Waals surface area (Å²) in [4.78, 5) is 11.8. The third-order valence-corrected chi connectivity index (χ3v) is 5.66. The number of amides is 1. The van der Waals surface area contributed by atoms with E-state index in [9.17, 15) is 4.79 Å². The lowest BCUT2D eigenvalue weighted by atomic mass is 9.69. The van der Waals surface area contributed by atoms with Gasteiger partial charge in [-0.25, -0.2) is 0 Å². The molecule has 2 aliphatic carbocycles. The van der Waals surface area contributed by atoms with Crippen LogP contribution in [0.2, 0.25) is 0 Å². The third-order valence-electron chi connectivity index (χ3n) is 5.66. The van der Waals surface area contributed by atoms with E-state index in [1.165, 1.54) is 19.3 Å². The van der Waals surface area contributed by atoms with Crippen molar-refractivity contribution in [3.63, 3.8) is 0 Å². The summed E-state index contributed by atoms with van der Waals surface area (Å²) >= 11 is 0. The van der Waals surface area contributed by atoms with Gasteiger partial charge < -0.3 is 10.6 Å². The molecule has 2 saturated carbocycles. The van der Waals surface area contributed by atoms with Crippen molar-refractivity contribution in [2.24, 2.45) is 16.7 Å². The standard InChI is InChI=1S/C14H26N2O/c1-5-15-9-12(17)16-11-8-10-6-7-14(11,4)13(10,2)3/h10-11,15H,5-9H2,1-4H3,(H,16,17). The average Bonchev–Trinajstić information content (AvgIpc) is 2.59. The number of carbonyl (C=O) groups excluding carboxylic acids is 1. The molecule has 3 heteroatoms. The molecule has 2 rings (SSSR count). The zero-order chi connectivity index (χ0) is 12.7. The molecule has 0 aromatic rings. The van der Waals surface area contributed by atoms with E-state index < -0.39 is 0 Å². The van der Waals surface area contributed by atoms with Gasteiger partial charge in [0.25, 0.3) is 0 Å². The van der Waals surface area contributed by atoms with Crippen LogP contribution in [-0.4, -0.2) is 25.0 Å². The smallest absolute Gasteiger partial charge is 0.234 e. The van der Waals surface area contributed by atoms with Crippen LogP contribution in [0.1, 0.15) is 47.0 Å². The number of hydrogen-bond acceptors (Lipinski definition) is 2. The van der Waals surface area contributed by atoms with Gasteiger partial charge in [-0.1, -0.05) is 27.7 Å². The van der Waals surface area contributed by atoms with Crippen molar-refractivity contribution < 1.29 is 4.79 Å². The van der Waals surface area contributed by atoms with E-state index in [2.05, 4.69) is 31.4 Å². The quantitative estimate of drug-likeness (QED) is 0.786. The summed E-state index contributed by atoms with van der Waals surface area (Å²) in [5.74, 6) is 0.943. The molecule has 2 bridgehead atoms. The molecule has 0 spiro atoms. The van der Waals surface area contributed by atoms with Crippen LogP contribution in [0.4, 0.5) is 0 Å². The van der Waals surface area contributed by atoms with Gasteiger partial charge in [0.05, 0.1) is 6.54 Å². The Labute approximate surface area is 105 Å². The molecule has 0 aliphatic heterocycles. The maximum absolute atomic E-state index is 11.8. The Hall–Kier alpha value is -0.570. The van der Waals surface area contributed by atoms with Gasteiger partial charge in [-0.15, -0.1) is 0 Å². The van der Waals surface area contributed by atoms with Crippen molar-refractivity contribution in [2.45, 2.75) is 53.0 Å². The van der Waals surface area contributed by atoms with Gasteiger partial charge in [0.1, 0.15) is 0 Å². The number of fused-ring (bicyclic) bond motifs is 2. The second kappa shape index (κ2) is 4.27. The van der Waals surface area contributed by atoms with Crippen LogP contribution in [0.15, 0.2) is 0 Å². The minimum atomic E-state index is 0.154. The molecular formula is C14H26N2O. The maximum Gasteiger partial charge on any atom is 0.234 e. The van der Waals surface area contributed by atoms with Gasteiger partial charge in [0.2, 0.25) is 5.91 Å². The number of hydrogen-bond donors (Lipinski definition) is 2. The van der Waals surface area contributed by atoms with E-state index in [1.807, 2.05) is 6.92 Å². The highest BCUT2D eigenvalue weighted by molar-refractivity contribution is 5.78. The molecule has 0 aromatic carbocycles. The molecule has 0 saturated heterocycles. The molecular weight excluding hydrogens is 212 g/mol. The summed E-state index contributed by atoms with van der Waals surface area (Å²) < 4.78 is 0. The fraction of sp³-hybridized carbons (Fsp3) is 0.929. The van der Waals surface area contributed by atoms with Gasteiger partial charge in [-0.2, -0.15) is 0 Å². The second-order valence-corrected chi connectivity index (χ2v) is 6.51. The fourth-order valence-corrected chi connectivity index (χ4v) is 3.91. The largest absolute Gasteiger partial charge is 0.352 e. The molecule has 3 atom stereocenters. The molecule has 2 aliphatic rings. The fourth-order valence-electron chi connectivity index (χ4n) is 3.91. The van der Waals surface area contributed by atoms with E-state index in [-0.39, 0.29) is 5.91 Å². The molecule has 98 valence electrons. The lowest BCUT2D eigenvalue weighted by molar-refractivity contribution is -0.122. The van der Waals surface area contributed by atoms with E-state index in [4.69, 9.17) is 0 Å². The lowest BCUT2D eigenvalue weighted by Crippen LogP contribution is -2.49. The van der Waals surface area contributed by atoms with Crippen LogP contribution in [0.25, 0.3) is 0 Å². The highest BCUT2D eigenvalue weighted by atomic mass is 16.2. The maximum atomic E-state index is 11.8. The van der Waals surface area contributed by atoms with Crippen LogP contribution in [-0.2, 0) is 4.79 Å². The van der Waals surface area contributed by atoms with Gasteiger partial charge >= 0.3 is 0 Å². The summed E-state index contributed by atoms with van der Waals surface area (Å²) in [6, 6.07) is 0.377. The number of carbonyl (C=O) groups is 1. The van der Waals surface area contributed by atoms with Crippen molar-refractivity contribution in [1.29, 1.82) is 0 Å². The van der Waals surface area contributed by atoms with Gasteiger partial charge in [-0.05, 0) is 42.6 Å². The Morgan fingerprint density at radius 3 is 2.53 bits per heavy atom. The van der Waals surface area contributed by atoms with E-state index >= 15 is 0 Å². The Bertz CT molecular complexity index is 313. The Morgan fingerprint density at radius 2 is 2.06 bits per heavy atom. The average molecular weight is 238 g/mol. The van der Waals surface area contributed by atoms with Crippen molar-refractivity contribution in [3.05, 3.63) is 0 Å². The van der Waals surface area contributed by atoms with E-state index in [1.54, 1.807) is 0 Å². The zero-order valence-corrected chi connectivity index (χ0v) is 11.6. The summed E-state index contributed by atoms with van der Waals surface area (Å²) in [6.45, 7) is 10.4. The van der Waals surface area contributed by atoms with Crippen LogP contribution >= 0.6 is 0 Å². The van der Waals surface area contributed by atoms with Gasteiger partial charge in [0, 0.05) is 6.04 Å². The first-order chi connectivity index (χ1) is 7.91. The monoisotopic (exact) mass is 238 g/mol. The first-order valence-corrected chi connectivity index (χ1v) is 6.92. The van der Waals surface area contributed by atoms with E-state index in [0.717, 1.165) is 12.5 Å². The SMILES string of the molecule is CCNCC(=O)NC1CC2CCC1(C)C2(C)C. The molecule has 17 heavy (non-hydrogen) atoms. The second-order valence-electron chi connectivity index (χ2n) is 6.51. The third kappa shape index (κ3) is 1.88. The molecule has 0 heterocycles. The van der Waals surface area contributed by atoms with Crippen LogP contribution in [0.5, 0.6) is 0 Å². The Balaban J connectivity index is 1.98. The van der Waals surface area contributed by atoms with Crippen molar-refractivity contribution >= 4 is 5.91 Å². The minimum Gasteiger partial charge on any atom is -0.352 e. The highest BCUT2D eigenvalue weighted by Gasteiger charge is 2.61. The zero-order valence-electron chi connectivity index (χ0n) is 11.6. The van der Waals surface area contributed by atoms with Gasteiger partial charge in [-0.3, -0.25) is 4.79 Å². The first kappa shape index (κ1) is 12.9. The Kier molecular flexibility index (Phi) is 3.23. The number of nitrogens with one attached hydrogen (secondary N) is 2. The normalized spacial score (nSPS) is 38.4. The van der Waals surface area contributed by atoms with Crippen molar-refractivity contribution in [2.75, 3.05) is 13.1 Å². The summed E-state index contributed by atoms with van der Waals surface area (Å²) in [6.07, 6.45) is 3.77. The van der Waals surface area contributed by atoms with Crippen molar-refractivity contribution in [1.82, 2.24) is 10.6 Å². The molecule has 1 amide bonds. The lowest BCUT2D eigenvalue weighted by Gasteiger charge is -2.39. The van der Waals surface area contributed by atoms with E-state index in [0.29, 0.717) is 23.4 Å². The summed E-state index contributed by atoms with van der Waals surface area (Å²) in [5, 5.41) is 6.33. The molecule has 3 unspecified atom stereocenters. The minimum absolute atomic E-state index is 0.154. The van der Waals surface area contributed by atoms with Gasteiger partial charge in [0.15, 0.2) is 0 Å². The van der Waals surface area contributed by atoms with Crippen LogP contribution in [0, 0.1) is 16.7 Å². The number of rotatable bonds is 4. The molecule has 0 aromatic heterocycles. The summed E-state index contributed by atoms with van der Waals surface area (Å²) in [7, 11) is 0. The van der Waals surface area contributed by atoms with Crippen molar-refractivity contribution in [3.8, 4) is 0 Å². The van der Waals surface area contributed by atoms with Crippen LogP contribution < -0.4 is 10.6 Å². The Morgan fingerprint density at radius 1 is 1.35 bits per heavy atom. The first-order valence-electron chi connectivity index (χ1n) is 6.92. The molecule has 0 radical (unpaired) electrons. The molecule has 2 fully saturated rings. The van der Waals surface area contributed by atoms with Crippen LogP contribution in [0.3, 0.4) is 0 Å². The summed E-state index contributed by atoms with van der Waals surface area (Å²) in [5.41, 5.74) is 0.669. The number of likely N-dealkylation sites (N-methyl/N-ethyl adjacent to an activating group) is 1. The molecule has 2 N–H and O–H groups in total. The predicted octanol–water partition coefficient (Wildman–Crippen LogP) is 1.93. The predicted molar refractivity (Wildman–Crippen MR) is 69.7 cm³/mol. The highest BCUT2D eigenvalue weighted by Crippen LogP contribution is 2.65.